The van der Waals surface area contributed by atoms with Crippen LogP contribution in [0.25, 0.3) is 0 Å². The summed E-state index contributed by atoms with van der Waals surface area (Å²) in [6, 6.07) is 1.94. The van der Waals surface area contributed by atoms with Crippen molar-refractivity contribution in [2.24, 2.45) is 5.92 Å². The van der Waals surface area contributed by atoms with Gasteiger partial charge in [-0.25, -0.2) is 0 Å². The maximum absolute atomic E-state index is 10.5. The topological polar surface area (TPSA) is 45.4 Å². The number of rotatable bonds is 5. The zero-order valence-corrected chi connectivity index (χ0v) is 11.8. The summed E-state index contributed by atoms with van der Waals surface area (Å²) in [6.07, 6.45) is 5.39. The first-order valence-corrected chi connectivity index (χ1v) is 6.99. The molecule has 0 bridgehead atoms. The molecule has 3 nitrogen and oxygen atoms in total. The van der Waals surface area contributed by atoms with Gasteiger partial charge in [0, 0.05) is 12.1 Å². The van der Waals surface area contributed by atoms with Crippen molar-refractivity contribution in [3.8, 4) is 0 Å². The lowest BCUT2D eigenvalue weighted by molar-refractivity contribution is 0.0546. The van der Waals surface area contributed by atoms with Crippen LogP contribution in [0.5, 0.6) is 0 Å². The fourth-order valence-electron chi connectivity index (χ4n) is 2.99. The lowest BCUT2D eigenvalue weighted by Crippen LogP contribution is -2.37. The van der Waals surface area contributed by atoms with Gasteiger partial charge in [-0.05, 0) is 52.1 Å². The van der Waals surface area contributed by atoms with Crippen molar-refractivity contribution in [1.29, 1.82) is 0 Å². The highest BCUT2D eigenvalue weighted by Crippen LogP contribution is 2.27. The van der Waals surface area contributed by atoms with Crippen LogP contribution < -0.4 is 5.32 Å². The number of furan rings is 1. The molecule has 0 aromatic carbocycles. The number of aliphatic hydroxyl groups is 1. The SMILES string of the molecule is Cc1cc(C(C)(O)CNCC2CCCC2)c(C)o1. The second-order valence-corrected chi connectivity index (χ2v) is 5.88. The third-order valence-corrected chi connectivity index (χ3v) is 4.00. The van der Waals surface area contributed by atoms with Gasteiger partial charge in [-0.15, -0.1) is 0 Å². The van der Waals surface area contributed by atoms with Crippen LogP contribution in [0.2, 0.25) is 0 Å². The van der Waals surface area contributed by atoms with Gasteiger partial charge in [-0.2, -0.15) is 0 Å². The van der Waals surface area contributed by atoms with E-state index in [1.54, 1.807) is 0 Å². The maximum Gasteiger partial charge on any atom is 0.107 e. The largest absolute Gasteiger partial charge is 0.466 e. The molecule has 1 aliphatic carbocycles. The van der Waals surface area contributed by atoms with E-state index in [9.17, 15) is 5.11 Å². The predicted molar refractivity (Wildman–Crippen MR) is 72.6 cm³/mol. The molecule has 0 spiro atoms. The quantitative estimate of drug-likeness (QED) is 0.846. The van der Waals surface area contributed by atoms with E-state index in [1.165, 1.54) is 25.7 Å². The van der Waals surface area contributed by atoms with Crippen LogP contribution in [-0.4, -0.2) is 18.2 Å². The molecule has 18 heavy (non-hydrogen) atoms. The van der Waals surface area contributed by atoms with E-state index in [4.69, 9.17) is 4.42 Å². The Bertz CT molecular complexity index is 389. The number of nitrogens with one attached hydrogen (secondary N) is 1. The summed E-state index contributed by atoms with van der Waals surface area (Å²) in [5, 5.41) is 13.9. The van der Waals surface area contributed by atoms with Crippen molar-refractivity contribution in [2.45, 2.75) is 52.1 Å². The summed E-state index contributed by atoms with van der Waals surface area (Å²) in [6.45, 7) is 7.29. The molecule has 3 heteroatoms. The zero-order chi connectivity index (χ0) is 13.2. The second kappa shape index (κ2) is 5.45. The molecule has 1 atom stereocenters. The van der Waals surface area contributed by atoms with E-state index in [0.29, 0.717) is 6.54 Å². The van der Waals surface area contributed by atoms with Crippen molar-refractivity contribution in [3.05, 3.63) is 23.2 Å². The van der Waals surface area contributed by atoms with Gasteiger partial charge in [0.2, 0.25) is 0 Å². The predicted octanol–water partition coefficient (Wildman–Crippen LogP) is 2.88. The summed E-state index contributed by atoms with van der Waals surface area (Å²) >= 11 is 0. The lowest BCUT2D eigenvalue weighted by Gasteiger charge is -2.24. The molecule has 1 aromatic rings. The molecule has 2 N–H and O–H groups in total. The van der Waals surface area contributed by atoms with Crippen molar-refractivity contribution < 1.29 is 9.52 Å². The third kappa shape index (κ3) is 3.15. The minimum absolute atomic E-state index is 0.587. The van der Waals surface area contributed by atoms with Crippen LogP contribution in [0.1, 0.15) is 49.7 Å². The van der Waals surface area contributed by atoms with E-state index < -0.39 is 5.60 Å². The molecular formula is C15H25NO2. The van der Waals surface area contributed by atoms with Crippen molar-refractivity contribution in [1.82, 2.24) is 5.32 Å². The molecule has 1 aromatic heterocycles. The van der Waals surface area contributed by atoms with Crippen LogP contribution in [-0.2, 0) is 5.60 Å². The summed E-state index contributed by atoms with van der Waals surface area (Å²) in [5.74, 6) is 2.48. The van der Waals surface area contributed by atoms with Crippen molar-refractivity contribution in [2.75, 3.05) is 13.1 Å². The van der Waals surface area contributed by atoms with Gasteiger partial charge in [0.15, 0.2) is 0 Å². The second-order valence-electron chi connectivity index (χ2n) is 5.88. The minimum Gasteiger partial charge on any atom is -0.466 e. The molecule has 102 valence electrons. The minimum atomic E-state index is -0.847. The molecule has 1 fully saturated rings. The first-order valence-electron chi connectivity index (χ1n) is 6.99. The molecule has 2 rings (SSSR count). The van der Waals surface area contributed by atoms with Crippen molar-refractivity contribution >= 4 is 0 Å². The molecule has 1 aliphatic rings. The Balaban J connectivity index is 1.88. The maximum atomic E-state index is 10.5. The fraction of sp³-hybridized carbons (Fsp3) is 0.733. The highest BCUT2D eigenvalue weighted by molar-refractivity contribution is 5.26. The first kappa shape index (κ1) is 13.6. The number of aryl methyl sites for hydroxylation is 2. The van der Waals surface area contributed by atoms with Gasteiger partial charge in [-0.3, -0.25) is 0 Å². The Morgan fingerprint density at radius 2 is 2.06 bits per heavy atom. The molecule has 1 unspecified atom stereocenters. The molecular weight excluding hydrogens is 226 g/mol. The summed E-state index contributed by atoms with van der Waals surface area (Å²) in [7, 11) is 0. The van der Waals surface area contributed by atoms with E-state index >= 15 is 0 Å². The first-order chi connectivity index (χ1) is 8.49. The Morgan fingerprint density at radius 3 is 2.61 bits per heavy atom. The van der Waals surface area contributed by atoms with E-state index in [-0.39, 0.29) is 0 Å². The summed E-state index contributed by atoms with van der Waals surface area (Å²) < 4.78 is 5.49. The Hall–Kier alpha value is -0.800. The van der Waals surface area contributed by atoms with Crippen molar-refractivity contribution in [3.63, 3.8) is 0 Å². The Labute approximate surface area is 110 Å². The van der Waals surface area contributed by atoms with Gasteiger partial charge in [-0.1, -0.05) is 12.8 Å². The smallest absolute Gasteiger partial charge is 0.107 e. The number of hydrogen-bond acceptors (Lipinski definition) is 3. The standard InChI is InChI=1S/C15H25NO2/c1-11-8-14(12(2)18-11)15(3,17)10-16-9-13-6-4-5-7-13/h8,13,16-17H,4-7,9-10H2,1-3H3. The summed E-state index contributed by atoms with van der Waals surface area (Å²) in [5.41, 5.74) is 0.0550. The molecule has 0 aliphatic heterocycles. The molecule has 0 amide bonds. The highest BCUT2D eigenvalue weighted by Gasteiger charge is 2.27. The van der Waals surface area contributed by atoms with E-state index in [2.05, 4.69) is 5.32 Å². The highest BCUT2D eigenvalue weighted by atomic mass is 16.3. The van der Waals surface area contributed by atoms with E-state index in [0.717, 1.165) is 29.5 Å². The Morgan fingerprint density at radius 1 is 1.39 bits per heavy atom. The third-order valence-electron chi connectivity index (χ3n) is 4.00. The fourth-order valence-corrected chi connectivity index (χ4v) is 2.99. The van der Waals surface area contributed by atoms with Crippen LogP contribution in [0.4, 0.5) is 0 Å². The normalized spacial score (nSPS) is 20.2. The van der Waals surface area contributed by atoms with Crippen LogP contribution in [0, 0.1) is 19.8 Å². The van der Waals surface area contributed by atoms with Crippen LogP contribution in [0.15, 0.2) is 10.5 Å². The Kier molecular flexibility index (Phi) is 4.13. The average Bonchev–Trinajstić information content (AvgIpc) is 2.88. The molecule has 0 saturated heterocycles. The van der Waals surface area contributed by atoms with Gasteiger partial charge >= 0.3 is 0 Å². The van der Waals surface area contributed by atoms with Gasteiger partial charge in [0.1, 0.15) is 17.1 Å². The molecule has 1 heterocycles. The lowest BCUT2D eigenvalue weighted by atomic mass is 9.96. The summed E-state index contributed by atoms with van der Waals surface area (Å²) in [4.78, 5) is 0. The van der Waals surface area contributed by atoms with Crippen LogP contribution in [0.3, 0.4) is 0 Å². The van der Waals surface area contributed by atoms with Gasteiger partial charge in [0.25, 0.3) is 0 Å². The molecule has 1 saturated carbocycles. The zero-order valence-electron chi connectivity index (χ0n) is 11.8. The van der Waals surface area contributed by atoms with E-state index in [1.807, 2.05) is 26.8 Å². The van der Waals surface area contributed by atoms with Gasteiger partial charge < -0.3 is 14.8 Å². The monoisotopic (exact) mass is 251 g/mol. The van der Waals surface area contributed by atoms with Crippen LogP contribution >= 0.6 is 0 Å². The van der Waals surface area contributed by atoms with Gasteiger partial charge in [0.05, 0.1) is 0 Å². The number of hydrogen-bond donors (Lipinski definition) is 2. The molecule has 0 radical (unpaired) electrons. The average molecular weight is 251 g/mol.